The molecule has 0 radical (unpaired) electrons. The van der Waals surface area contributed by atoms with Crippen LogP contribution in [-0.2, 0) is 22.6 Å². The lowest BCUT2D eigenvalue weighted by molar-refractivity contribution is -0.140. The number of carbonyl (C=O) groups is 2. The molecule has 2 aromatic rings. The van der Waals surface area contributed by atoms with Crippen LogP contribution in [0.5, 0.6) is 11.5 Å². The predicted octanol–water partition coefficient (Wildman–Crippen LogP) is 3.86. The maximum absolute atomic E-state index is 13.1. The number of hydrogen-bond acceptors (Lipinski definition) is 4. The van der Waals surface area contributed by atoms with Gasteiger partial charge in [0.25, 0.3) is 0 Å². The molecule has 0 bridgehead atoms. The van der Waals surface area contributed by atoms with Gasteiger partial charge < -0.3 is 19.7 Å². The third kappa shape index (κ3) is 5.37. The van der Waals surface area contributed by atoms with Crippen molar-refractivity contribution in [2.75, 3.05) is 20.3 Å². The molecule has 1 N–H and O–H groups in total. The van der Waals surface area contributed by atoms with Crippen LogP contribution in [0.1, 0.15) is 24.5 Å². The highest BCUT2D eigenvalue weighted by Crippen LogP contribution is 2.31. The summed E-state index contributed by atoms with van der Waals surface area (Å²) in [6, 6.07) is 10.1. The number of amides is 2. The van der Waals surface area contributed by atoms with Gasteiger partial charge >= 0.3 is 0 Å². The normalized spacial score (nSPS) is 13.5. The molecule has 6 nitrogen and oxygen atoms in total. The van der Waals surface area contributed by atoms with E-state index in [-0.39, 0.29) is 24.8 Å². The second-order valence-corrected chi connectivity index (χ2v) is 7.87. The average Bonchev–Trinajstić information content (AvgIpc) is 2.75. The van der Waals surface area contributed by atoms with Gasteiger partial charge in [-0.1, -0.05) is 35.3 Å². The van der Waals surface area contributed by atoms with Crippen LogP contribution in [-0.4, -0.2) is 43.0 Å². The highest BCUT2D eigenvalue weighted by Gasteiger charge is 2.26. The molecule has 0 saturated heterocycles. The van der Waals surface area contributed by atoms with Gasteiger partial charge in [0.1, 0.15) is 19.3 Å². The number of aryl methyl sites for hydroxylation is 1. The van der Waals surface area contributed by atoms with E-state index in [9.17, 15) is 9.59 Å². The Kier molecular flexibility index (Phi) is 7.45. The maximum atomic E-state index is 13.1. The molecule has 160 valence electrons. The van der Waals surface area contributed by atoms with Crippen molar-refractivity contribution in [2.24, 2.45) is 0 Å². The summed E-state index contributed by atoms with van der Waals surface area (Å²) in [5.74, 6) is 1.01. The maximum Gasteiger partial charge on any atom is 0.242 e. The second-order valence-electron chi connectivity index (χ2n) is 7.03. The smallest absolute Gasteiger partial charge is 0.242 e. The molecule has 2 amide bonds. The van der Waals surface area contributed by atoms with Crippen LogP contribution >= 0.6 is 23.2 Å². The quantitative estimate of drug-likeness (QED) is 0.695. The van der Waals surface area contributed by atoms with E-state index in [1.807, 2.05) is 18.2 Å². The Hall–Kier alpha value is -2.44. The largest absolute Gasteiger partial charge is 0.486 e. The van der Waals surface area contributed by atoms with E-state index < -0.39 is 6.04 Å². The molecule has 0 aliphatic carbocycles. The third-order valence-electron chi connectivity index (χ3n) is 5.00. The highest BCUT2D eigenvalue weighted by molar-refractivity contribution is 6.35. The predicted molar refractivity (Wildman–Crippen MR) is 116 cm³/mol. The summed E-state index contributed by atoms with van der Waals surface area (Å²) in [5, 5.41) is 3.57. The number of ether oxygens (including phenoxy) is 2. The summed E-state index contributed by atoms with van der Waals surface area (Å²) in [6.07, 6.45) is 0.757. The molecule has 30 heavy (non-hydrogen) atoms. The molecular weight excluding hydrogens is 427 g/mol. The Morgan fingerprint density at radius 3 is 2.53 bits per heavy atom. The van der Waals surface area contributed by atoms with Crippen molar-refractivity contribution < 1.29 is 19.1 Å². The first-order chi connectivity index (χ1) is 14.4. The standard InChI is InChI=1S/C22H24Cl2N2O4/c1-14(22(28)25-2)26(13-16-5-6-17(23)12-18(16)24)21(27)8-4-15-3-7-19-20(11-15)30-10-9-29-19/h3,5-7,11-12,14H,4,8-10,13H2,1-2H3,(H,25,28)/t14-/m0/s1. The van der Waals surface area contributed by atoms with Crippen LogP contribution < -0.4 is 14.8 Å². The van der Waals surface area contributed by atoms with E-state index in [1.165, 1.54) is 4.90 Å². The van der Waals surface area contributed by atoms with Gasteiger partial charge in [0.2, 0.25) is 11.8 Å². The molecule has 0 spiro atoms. The number of halogens is 2. The van der Waals surface area contributed by atoms with Gasteiger partial charge in [0.05, 0.1) is 0 Å². The first-order valence-corrected chi connectivity index (χ1v) is 10.5. The Labute approximate surface area is 186 Å². The molecule has 0 unspecified atom stereocenters. The van der Waals surface area contributed by atoms with Crippen LogP contribution in [0.15, 0.2) is 36.4 Å². The van der Waals surface area contributed by atoms with Gasteiger partial charge in [0, 0.05) is 30.1 Å². The van der Waals surface area contributed by atoms with Gasteiger partial charge in [-0.05, 0) is 48.7 Å². The summed E-state index contributed by atoms with van der Waals surface area (Å²) in [4.78, 5) is 26.8. The van der Waals surface area contributed by atoms with Crippen molar-refractivity contribution in [1.29, 1.82) is 0 Å². The second kappa shape index (κ2) is 10.0. The fraction of sp³-hybridized carbons (Fsp3) is 0.364. The number of nitrogens with zero attached hydrogens (tertiary/aromatic N) is 1. The molecule has 1 heterocycles. The summed E-state index contributed by atoms with van der Waals surface area (Å²) in [5.41, 5.74) is 1.69. The third-order valence-corrected chi connectivity index (χ3v) is 5.59. The Balaban J connectivity index is 1.73. The number of likely N-dealkylation sites (N-methyl/N-ethyl adjacent to an activating group) is 1. The molecule has 8 heteroatoms. The molecule has 0 aromatic heterocycles. The molecule has 0 fully saturated rings. The van der Waals surface area contributed by atoms with Crippen molar-refractivity contribution in [2.45, 2.75) is 32.4 Å². The molecule has 1 aliphatic rings. The molecule has 0 saturated carbocycles. The lowest BCUT2D eigenvalue weighted by Crippen LogP contribution is -2.46. The van der Waals surface area contributed by atoms with Crippen LogP contribution in [0, 0.1) is 0 Å². The van der Waals surface area contributed by atoms with Crippen molar-refractivity contribution in [3.05, 3.63) is 57.6 Å². The molecule has 1 atom stereocenters. The minimum Gasteiger partial charge on any atom is -0.486 e. The van der Waals surface area contributed by atoms with Crippen LogP contribution in [0.25, 0.3) is 0 Å². The summed E-state index contributed by atoms with van der Waals surface area (Å²) >= 11 is 12.3. The van der Waals surface area contributed by atoms with Crippen LogP contribution in [0.4, 0.5) is 0 Å². The minimum absolute atomic E-state index is 0.146. The number of nitrogens with one attached hydrogen (secondary N) is 1. The van der Waals surface area contributed by atoms with Gasteiger partial charge in [-0.2, -0.15) is 0 Å². The van der Waals surface area contributed by atoms with E-state index >= 15 is 0 Å². The zero-order chi connectivity index (χ0) is 21.7. The molecular formula is C22H24Cl2N2O4. The Bertz CT molecular complexity index is 935. The van der Waals surface area contributed by atoms with E-state index in [0.717, 1.165) is 11.1 Å². The number of rotatable bonds is 7. The topological polar surface area (TPSA) is 67.9 Å². The van der Waals surface area contributed by atoms with Crippen LogP contribution in [0.3, 0.4) is 0 Å². The fourth-order valence-corrected chi connectivity index (χ4v) is 3.73. The highest BCUT2D eigenvalue weighted by atomic mass is 35.5. The van der Waals surface area contributed by atoms with Crippen molar-refractivity contribution in [3.63, 3.8) is 0 Å². The number of benzene rings is 2. The Morgan fingerprint density at radius 2 is 1.83 bits per heavy atom. The summed E-state index contributed by atoms with van der Waals surface area (Å²) in [6.45, 7) is 2.95. The number of fused-ring (bicyclic) bond motifs is 1. The Morgan fingerprint density at radius 1 is 1.10 bits per heavy atom. The van der Waals surface area contributed by atoms with Gasteiger partial charge in [-0.25, -0.2) is 0 Å². The first-order valence-electron chi connectivity index (χ1n) is 9.72. The lowest BCUT2D eigenvalue weighted by Gasteiger charge is -2.29. The number of hydrogen-bond donors (Lipinski definition) is 1. The monoisotopic (exact) mass is 450 g/mol. The lowest BCUT2D eigenvalue weighted by atomic mass is 10.1. The van der Waals surface area contributed by atoms with E-state index in [1.54, 1.807) is 32.2 Å². The van der Waals surface area contributed by atoms with Gasteiger partial charge in [-0.15, -0.1) is 0 Å². The van der Waals surface area contributed by atoms with E-state index in [4.69, 9.17) is 32.7 Å². The zero-order valence-electron chi connectivity index (χ0n) is 16.9. The van der Waals surface area contributed by atoms with Gasteiger partial charge in [-0.3, -0.25) is 9.59 Å². The summed E-state index contributed by atoms with van der Waals surface area (Å²) < 4.78 is 11.1. The van der Waals surface area contributed by atoms with Crippen LogP contribution in [0.2, 0.25) is 10.0 Å². The average molecular weight is 451 g/mol. The van der Waals surface area contributed by atoms with Crippen molar-refractivity contribution >= 4 is 35.0 Å². The SMILES string of the molecule is CNC(=O)[C@H](C)N(Cc1ccc(Cl)cc1Cl)C(=O)CCc1ccc2c(c1)OCCO2. The van der Waals surface area contributed by atoms with E-state index in [2.05, 4.69) is 5.32 Å². The van der Waals surface area contributed by atoms with Crippen molar-refractivity contribution in [3.8, 4) is 11.5 Å². The zero-order valence-corrected chi connectivity index (χ0v) is 18.4. The van der Waals surface area contributed by atoms with Crippen molar-refractivity contribution in [1.82, 2.24) is 10.2 Å². The first kappa shape index (κ1) is 22.2. The molecule has 3 rings (SSSR count). The fourth-order valence-electron chi connectivity index (χ4n) is 3.26. The minimum atomic E-state index is -0.644. The van der Waals surface area contributed by atoms with E-state index in [0.29, 0.717) is 41.2 Å². The molecule has 2 aromatic carbocycles. The summed E-state index contributed by atoms with van der Waals surface area (Å²) in [7, 11) is 1.55. The number of carbonyl (C=O) groups excluding carboxylic acids is 2. The van der Waals surface area contributed by atoms with Gasteiger partial charge in [0.15, 0.2) is 11.5 Å². The molecule has 1 aliphatic heterocycles.